The topological polar surface area (TPSA) is 562 Å². The molecule has 14 rings (SSSR count). The molecule has 0 aliphatic carbocycles. The second-order valence-corrected chi connectivity index (χ2v) is 30.1. The maximum absolute atomic E-state index is 16.2. The number of hydrogen-bond donors (Lipinski definition) is 18. The zero-order valence-corrected chi connectivity index (χ0v) is 62.2. The number of aromatic hydroxyl groups is 4. The van der Waals surface area contributed by atoms with Crippen LogP contribution < -0.4 is 57.6 Å². The van der Waals surface area contributed by atoms with Crippen LogP contribution in [-0.2, 0) is 52.6 Å². The molecule has 0 radical (unpaired) electrons. The molecule has 0 spiro atoms. The number of carboxylic acids is 1. The first-order valence-corrected chi connectivity index (χ1v) is 36.6. The Hall–Kier alpha value is -10.7. The van der Waals surface area contributed by atoms with Gasteiger partial charge in [-0.3, -0.25) is 33.6 Å². The normalized spacial score (nSPS) is 27.7. The summed E-state index contributed by atoms with van der Waals surface area (Å²) in [6.07, 6.45) is -18.4. The van der Waals surface area contributed by atoms with E-state index in [2.05, 4.69) is 47.4 Å². The van der Waals surface area contributed by atoms with Crippen molar-refractivity contribution in [3.63, 3.8) is 0 Å². The Morgan fingerprint density at radius 1 is 0.705 bits per heavy atom. The fourth-order valence-corrected chi connectivity index (χ4v) is 15.1. The van der Waals surface area contributed by atoms with Crippen molar-refractivity contribution in [2.45, 2.75) is 162 Å². The van der Waals surface area contributed by atoms with E-state index in [1.165, 1.54) is 54.9 Å². The number of phenolic OH excluding ortho intramolecular Hbond substituents is 4. The first-order chi connectivity index (χ1) is 53.0. The number of ether oxygens (including phenoxy) is 6. The van der Waals surface area contributed by atoms with Crippen LogP contribution in [0.15, 0.2) is 108 Å². The summed E-state index contributed by atoms with van der Waals surface area (Å²) in [6.45, 7) is 8.26. The highest BCUT2D eigenvalue weighted by Crippen LogP contribution is 2.50. The molecule has 112 heavy (non-hydrogen) atoms. The number of amides is 7. The van der Waals surface area contributed by atoms with Gasteiger partial charge in [0.1, 0.15) is 89.1 Å². The SMILES string of the molecule is CC(C)C[C@H](C)C(=O)N[C@H]1C(=O)N[C@@H](CC(N)=O)C(=O)N[C@H]2C(=O)NC3C(=O)N[C@H](C(=O)N[C@@H](C(=O)O)c4cc(O)cc(O)c4-c4cc3ccc4O)[C@H](O)c3ccc(c(Cl)c3)Oc3cc2cc(c3OC2OC(CSc3nnnn3-c3ccc(O)cc3)C(O)C(O)C2OC2CC(C)(N)C(O)C(C)O2)Oc2ccc(cc2Cl)[C@H]1O. The third kappa shape index (κ3) is 17.2. The number of aliphatic hydroxyl groups is 5. The van der Waals surface area contributed by atoms with Crippen molar-refractivity contribution in [3.05, 3.63) is 141 Å². The van der Waals surface area contributed by atoms with Gasteiger partial charge in [-0.25, -0.2) is 4.79 Å². The zero-order chi connectivity index (χ0) is 80.8. The number of tetrazole rings is 1. The molecule has 7 aliphatic rings. The smallest absolute Gasteiger partial charge is 0.330 e. The molecule has 10 unspecified atom stereocenters. The van der Waals surface area contributed by atoms with Crippen molar-refractivity contribution in [2.75, 3.05) is 5.75 Å². The predicted octanol–water partition coefficient (Wildman–Crippen LogP) is 2.64. The number of nitrogens with zero attached hydrogens (tertiary/aromatic N) is 4. The van der Waals surface area contributed by atoms with E-state index in [1.807, 2.05) is 13.8 Å². The van der Waals surface area contributed by atoms with E-state index in [9.17, 15) is 75.0 Å². The molecule has 18 atom stereocenters. The molecule has 2 fully saturated rings. The van der Waals surface area contributed by atoms with Gasteiger partial charge in [0, 0.05) is 46.4 Å². The molecule has 0 saturated carbocycles. The van der Waals surface area contributed by atoms with Gasteiger partial charge >= 0.3 is 5.97 Å². The van der Waals surface area contributed by atoms with Crippen LogP contribution in [0.25, 0.3) is 16.8 Å². The van der Waals surface area contributed by atoms with Gasteiger partial charge in [-0.05, 0) is 138 Å². The quantitative estimate of drug-likeness (QED) is 0.0656. The number of nitrogens with one attached hydrogen (secondary N) is 6. The van der Waals surface area contributed by atoms with Crippen molar-refractivity contribution in [1.29, 1.82) is 0 Å². The molecular weight excluding hydrogens is 1530 g/mol. The van der Waals surface area contributed by atoms with Gasteiger partial charge in [-0.2, -0.15) is 4.68 Å². The number of carbonyl (C=O) groups is 8. The van der Waals surface area contributed by atoms with Crippen LogP contribution in [0.3, 0.4) is 0 Å². The van der Waals surface area contributed by atoms with Gasteiger partial charge < -0.3 is 123 Å². The number of carboxylic acid groups (broad SMARTS) is 1. The third-order valence-corrected chi connectivity index (χ3v) is 21.0. The molecule has 36 nitrogen and oxygen atoms in total. The molecule has 8 heterocycles. The van der Waals surface area contributed by atoms with Gasteiger partial charge in [0.2, 0.25) is 58.5 Å². The third-order valence-electron chi connectivity index (χ3n) is 19.4. The fraction of sp³-hybridized carbons (Fsp3) is 0.384. The van der Waals surface area contributed by atoms with Crippen LogP contribution in [0.4, 0.5) is 0 Å². The summed E-state index contributed by atoms with van der Waals surface area (Å²) in [4.78, 5) is 118. The summed E-state index contributed by atoms with van der Waals surface area (Å²) in [7, 11) is 0. The number of aliphatic carboxylic acids is 1. The average molecular weight is 1610 g/mol. The van der Waals surface area contributed by atoms with Crippen molar-refractivity contribution >= 4 is 82.3 Å². The lowest BCUT2D eigenvalue weighted by Gasteiger charge is -2.47. The number of hydrogen-bond acceptors (Lipinski definition) is 28. The number of primary amides is 1. The highest BCUT2D eigenvalue weighted by molar-refractivity contribution is 7.99. The number of aliphatic hydroxyl groups excluding tert-OH is 5. The van der Waals surface area contributed by atoms with E-state index in [1.54, 1.807) is 6.92 Å². The first kappa shape index (κ1) is 80.8. The van der Waals surface area contributed by atoms with Crippen molar-refractivity contribution in [1.82, 2.24) is 52.1 Å². The lowest BCUT2D eigenvalue weighted by Crippen LogP contribution is -2.64. The van der Waals surface area contributed by atoms with E-state index in [0.717, 1.165) is 78.5 Å². The molecule has 2 saturated heterocycles. The molecule has 594 valence electrons. The van der Waals surface area contributed by atoms with Crippen LogP contribution >= 0.6 is 35.0 Å². The summed E-state index contributed by atoms with van der Waals surface area (Å²) in [5, 5.41) is 142. The Morgan fingerprint density at radius 2 is 1.33 bits per heavy atom. The summed E-state index contributed by atoms with van der Waals surface area (Å²) in [5.41, 5.74) is 8.52. The Labute approximate surface area is 649 Å². The van der Waals surface area contributed by atoms with Crippen LogP contribution in [0.2, 0.25) is 10.0 Å². The minimum atomic E-state index is -2.36. The summed E-state index contributed by atoms with van der Waals surface area (Å²) >= 11 is 15.2. The summed E-state index contributed by atoms with van der Waals surface area (Å²) in [6, 6.07) is 6.21. The number of benzene rings is 6. The Bertz CT molecular complexity index is 4830. The molecule has 1 aromatic heterocycles. The van der Waals surface area contributed by atoms with Gasteiger partial charge in [0.25, 0.3) is 0 Å². The van der Waals surface area contributed by atoms with E-state index in [0.29, 0.717) is 5.69 Å². The van der Waals surface area contributed by atoms with Crippen LogP contribution in [0, 0.1) is 11.8 Å². The predicted molar refractivity (Wildman–Crippen MR) is 390 cm³/mol. The molecule has 39 heteroatoms. The largest absolute Gasteiger partial charge is 0.508 e. The van der Waals surface area contributed by atoms with Gasteiger partial charge in [-0.1, -0.05) is 73.9 Å². The van der Waals surface area contributed by atoms with E-state index in [4.69, 9.17) is 63.1 Å². The number of fused-ring (bicyclic) bond motifs is 15. The number of aromatic nitrogens is 4. The summed E-state index contributed by atoms with van der Waals surface area (Å²) in [5.74, 6) is -17.0. The monoisotopic (exact) mass is 1610 g/mol. The molecule has 7 aromatic rings. The van der Waals surface area contributed by atoms with Crippen LogP contribution in [0.5, 0.6) is 51.7 Å². The molecule has 7 aliphatic heterocycles. The molecule has 6 aromatic carbocycles. The number of phenols is 4. The molecular formula is C73H78Cl2N12O24S. The highest BCUT2D eigenvalue weighted by Gasteiger charge is 2.52. The number of thioether (sulfide) groups is 1. The lowest BCUT2D eigenvalue weighted by molar-refractivity contribution is -0.329. The van der Waals surface area contributed by atoms with Gasteiger partial charge in [0.15, 0.2) is 29.9 Å². The van der Waals surface area contributed by atoms with Crippen molar-refractivity contribution in [3.8, 4) is 68.6 Å². The second kappa shape index (κ2) is 32.9. The maximum atomic E-state index is 16.2. The number of nitrogens with two attached hydrogens (primary N) is 2. The Balaban J connectivity index is 1.09. The Kier molecular flexibility index (Phi) is 23.8. The van der Waals surface area contributed by atoms with Crippen LogP contribution in [-0.4, -0.2) is 197 Å². The van der Waals surface area contributed by atoms with Crippen molar-refractivity contribution < 1.29 is 118 Å². The maximum Gasteiger partial charge on any atom is 0.330 e. The number of halogens is 2. The van der Waals surface area contributed by atoms with E-state index < -0.39 is 230 Å². The second-order valence-electron chi connectivity index (χ2n) is 28.3. The van der Waals surface area contributed by atoms with Crippen LogP contribution in [0.1, 0.15) is 112 Å². The fourth-order valence-electron chi connectivity index (χ4n) is 13.7. The standard InChI is InChI=1S/C73H78Cl2N12O24S/c1-27(2)16-28(3)64(98)82-55-57(93)31-7-14-44(39(74)18-31)107-46-20-33-21-47(61(46)111-71-62(110-50-25-73(5,77)63(97)29(4)106-50)60(96)59(95)48(109-71)26-112-72-84-85-86-87(72)34-9-11-35(88)12-10-34)108-45-15-8-32(19-40(45)75)58(94)56-69(103)81-54(70(104)105)38-22-36(89)23-43(91)51(38)37-17-30(6-13-42(37)90)52(66(100)83-56)80-67(101)53(33)79-65(99)41(24-49(76)92)78-68(55)102/h6-15,17-23,27-29,41,48,50,52-60,62-63,71,88-91,93-97H,16,24-26,77H2,1-5H3,(H2,76,92)(H,78,102)(H,79,99)(H,80,101)(H,81,103)(H,82,98)(H,83,100)(H,104,105)/t28-,29?,41-,48?,50?,52?,53+,54+,55+,56-,57+,58+,59?,60?,62?,63?,71?,73?/m0/s1. The van der Waals surface area contributed by atoms with E-state index in [-0.39, 0.29) is 62.9 Å². The zero-order valence-electron chi connectivity index (χ0n) is 59.8. The average Bonchev–Trinajstić information content (AvgIpc) is 0.904. The summed E-state index contributed by atoms with van der Waals surface area (Å²) < 4.78 is 41.0. The molecule has 7 amide bonds. The van der Waals surface area contributed by atoms with E-state index >= 15 is 14.4 Å². The van der Waals surface area contributed by atoms with Gasteiger partial charge in [0.05, 0.1) is 40.5 Å². The lowest BCUT2D eigenvalue weighted by atomic mass is 9.86. The molecule has 20 N–H and O–H groups in total. The first-order valence-electron chi connectivity index (χ1n) is 34.9. The minimum absolute atomic E-state index is 0.0530. The minimum Gasteiger partial charge on any atom is -0.508 e. The van der Waals surface area contributed by atoms with Crippen molar-refractivity contribution in [2.24, 2.45) is 23.3 Å². The number of carbonyl (C=O) groups excluding carboxylic acids is 7. The Morgan fingerprint density at radius 3 is 1.96 bits per heavy atom. The highest BCUT2D eigenvalue weighted by atomic mass is 35.5. The van der Waals surface area contributed by atoms with Gasteiger partial charge in [-0.15, -0.1) is 5.10 Å². The number of rotatable bonds is 15. The molecule has 11 bridgehead atoms.